The Balaban J connectivity index is 1.94. The number of amides is 1. The van der Waals surface area contributed by atoms with Crippen molar-refractivity contribution in [1.82, 2.24) is 9.80 Å². The van der Waals surface area contributed by atoms with E-state index in [0.29, 0.717) is 12.5 Å². The Kier molecular flexibility index (Phi) is 4.80. The molecule has 2 unspecified atom stereocenters. The van der Waals surface area contributed by atoms with Crippen LogP contribution in [0, 0.1) is 0 Å². The molecule has 108 valence electrons. The molecule has 2 atom stereocenters. The molecule has 5 nitrogen and oxygen atoms in total. The second kappa shape index (κ2) is 6.37. The number of carbonyl (C=O) groups excluding carboxylic acids is 1. The first-order valence-electron chi connectivity index (χ1n) is 7.39. The maximum absolute atomic E-state index is 12.4. The Labute approximate surface area is 114 Å². The van der Waals surface area contributed by atoms with Gasteiger partial charge in [-0.1, -0.05) is 6.92 Å². The molecule has 0 radical (unpaired) electrons. The fourth-order valence-electron chi connectivity index (χ4n) is 3.31. The summed E-state index contributed by atoms with van der Waals surface area (Å²) in [5, 5.41) is 9.14. The summed E-state index contributed by atoms with van der Waals surface area (Å²) < 4.78 is 0. The molecular formula is C14H24N2O3. The Morgan fingerprint density at radius 1 is 1.16 bits per heavy atom. The van der Waals surface area contributed by atoms with Crippen molar-refractivity contribution in [2.45, 2.75) is 57.5 Å². The molecule has 1 amide bonds. The average Bonchev–Trinajstić information content (AvgIpc) is 2.87. The van der Waals surface area contributed by atoms with E-state index in [9.17, 15) is 9.59 Å². The number of hydrogen-bond acceptors (Lipinski definition) is 3. The topological polar surface area (TPSA) is 60.9 Å². The van der Waals surface area contributed by atoms with Gasteiger partial charge in [-0.15, -0.1) is 0 Å². The lowest BCUT2D eigenvalue weighted by atomic mass is 10.00. The molecule has 2 fully saturated rings. The van der Waals surface area contributed by atoms with Crippen LogP contribution in [0.15, 0.2) is 0 Å². The first-order valence-corrected chi connectivity index (χ1v) is 7.39. The Morgan fingerprint density at radius 2 is 1.95 bits per heavy atom. The molecule has 0 aromatic heterocycles. The van der Waals surface area contributed by atoms with Gasteiger partial charge in [-0.3, -0.25) is 14.5 Å². The van der Waals surface area contributed by atoms with E-state index in [1.54, 1.807) is 0 Å². The van der Waals surface area contributed by atoms with Crippen LogP contribution in [0.5, 0.6) is 0 Å². The zero-order chi connectivity index (χ0) is 13.8. The van der Waals surface area contributed by atoms with Crippen molar-refractivity contribution in [1.29, 1.82) is 0 Å². The fraction of sp³-hybridized carbons (Fsp3) is 0.857. The van der Waals surface area contributed by atoms with E-state index in [-0.39, 0.29) is 12.5 Å². The smallest absolute Gasteiger partial charge is 0.320 e. The molecule has 0 spiro atoms. The molecule has 1 N–H and O–H groups in total. The van der Waals surface area contributed by atoms with Gasteiger partial charge in [-0.25, -0.2) is 0 Å². The molecule has 2 rings (SSSR count). The summed E-state index contributed by atoms with van der Waals surface area (Å²) in [5.74, 6) is -0.685. The van der Waals surface area contributed by atoms with Gasteiger partial charge in [0, 0.05) is 12.6 Å². The monoisotopic (exact) mass is 268 g/mol. The highest BCUT2D eigenvalue weighted by atomic mass is 16.4. The van der Waals surface area contributed by atoms with Gasteiger partial charge in [0.15, 0.2) is 0 Å². The number of carboxylic acids is 1. The third kappa shape index (κ3) is 3.26. The normalized spacial score (nSPS) is 28.6. The number of rotatable bonds is 4. The average molecular weight is 268 g/mol. The highest BCUT2D eigenvalue weighted by Gasteiger charge is 2.34. The lowest BCUT2D eigenvalue weighted by Gasteiger charge is -2.36. The van der Waals surface area contributed by atoms with E-state index in [1.165, 1.54) is 6.42 Å². The van der Waals surface area contributed by atoms with E-state index in [0.717, 1.165) is 38.8 Å². The molecule has 0 saturated carbocycles. The van der Waals surface area contributed by atoms with Crippen LogP contribution in [0.1, 0.15) is 45.4 Å². The van der Waals surface area contributed by atoms with Crippen molar-refractivity contribution in [2.75, 3.05) is 19.6 Å². The summed E-state index contributed by atoms with van der Waals surface area (Å²) in [4.78, 5) is 27.3. The second-order valence-electron chi connectivity index (χ2n) is 5.61. The molecule has 0 aromatic carbocycles. The van der Waals surface area contributed by atoms with Crippen LogP contribution in [-0.2, 0) is 9.59 Å². The minimum atomic E-state index is -0.795. The van der Waals surface area contributed by atoms with Crippen LogP contribution < -0.4 is 0 Å². The maximum Gasteiger partial charge on any atom is 0.320 e. The number of carbonyl (C=O) groups is 2. The largest absolute Gasteiger partial charge is 0.480 e. The molecule has 2 saturated heterocycles. The van der Waals surface area contributed by atoms with Gasteiger partial charge in [0.25, 0.3) is 0 Å². The van der Waals surface area contributed by atoms with Gasteiger partial charge in [-0.2, -0.15) is 0 Å². The van der Waals surface area contributed by atoms with Crippen molar-refractivity contribution < 1.29 is 14.7 Å². The predicted molar refractivity (Wildman–Crippen MR) is 71.9 cm³/mol. The highest BCUT2D eigenvalue weighted by Crippen LogP contribution is 2.22. The minimum absolute atomic E-state index is 0.111. The van der Waals surface area contributed by atoms with Crippen LogP contribution in [-0.4, -0.2) is 58.5 Å². The Morgan fingerprint density at radius 3 is 2.63 bits per heavy atom. The van der Waals surface area contributed by atoms with E-state index in [2.05, 4.69) is 6.92 Å². The molecule has 2 heterocycles. The molecule has 0 aliphatic carbocycles. The number of nitrogens with zero attached hydrogens (tertiary/aromatic N) is 2. The number of hydrogen-bond donors (Lipinski definition) is 1. The van der Waals surface area contributed by atoms with Crippen LogP contribution in [0.25, 0.3) is 0 Å². The van der Waals surface area contributed by atoms with Gasteiger partial charge in [0.2, 0.25) is 5.91 Å². The number of carboxylic acid groups (broad SMARTS) is 1. The number of likely N-dealkylation sites (tertiary alicyclic amines) is 2. The summed E-state index contributed by atoms with van der Waals surface area (Å²) in [6.07, 6.45) is 5.90. The lowest BCUT2D eigenvalue weighted by Crippen LogP contribution is -2.49. The molecule has 0 bridgehead atoms. The molecule has 5 heteroatoms. The zero-order valence-electron chi connectivity index (χ0n) is 11.7. The third-order valence-electron chi connectivity index (χ3n) is 4.41. The van der Waals surface area contributed by atoms with Crippen LogP contribution >= 0.6 is 0 Å². The fourth-order valence-corrected chi connectivity index (χ4v) is 3.31. The van der Waals surface area contributed by atoms with Gasteiger partial charge in [-0.05, 0) is 45.1 Å². The van der Waals surface area contributed by atoms with Gasteiger partial charge < -0.3 is 10.0 Å². The summed E-state index contributed by atoms with van der Waals surface area (Å²) in [5.41, 5.74) is 0. The van der Waals surface area contributed by atoms with Crippen molar-refractivity contribution in [2.24, 2.45) is 0 Å². The number of aliphatic carboxylic acids is 1. The summed E-state index contributed by atoms with van der Waals surface area (Å²) in [6.45, 7) is 3.95. The lowest BCUT2D eigenvalue weighted by molar-refractivity contribution is -0.144. The first kappa shape index (κ1) is 14.3. The van der Waals surface area contributed by atoms with Crippen molar-refractivity contribution in [3.8, 4) is 0 Å². The first-order chi connectivity index (χ1) is 9.13. The van der Waals surface area contributed by atoms with Crippen molar-refractivity contribution in [3.63, 3.8) is 0 Å². The molecular weight excluding hydrogens is 244 g/mol. The van der Waals surface area contributed by atoms with Gasteiger partial charge in [0.05, 0.1) is 6.54 Å². The second-order valence-corrected chi connectivity index (χ2v) is 5.61. The maximum atomic E-state index is 12.4. The minimum Gasteiger partial charge on any atom is -0.480 e. The molecule has 2 aliphatic rings. The number of piperidine rings is 1. The zero-order valence-corrected chi connectivity index (χ0v) is 11.7. The van der Waals surface area contributed by atoms with Crippen LogP contribution in [0.2, 0.25) is 0 Å². The quantitative estimate of drug-likeness (QED) is 0.835. The Bertz CT molecular complexity index is 346. The molecule has 19 heavy (non-hydrogen) atoms. The highest BCUT2D eigenvalue weighted by molar-refractivity contribution is 5.80. The van der Waals surface area contributed by atoms with Crippen LogP contribution in [0.3, 0.4) is 0 Å². The Hall–Kier alpha value is -1.10. The summed E-state index contributed by atoms with van der Waals surface area (Å²) in [6, 6.07) is -0.110. The predicted octanol–water partition coefficient (Wildman–Crippen LogP) is 1.33. The van der Waals surface area contributed by atoms with E-state index in [1.807, 2.05) is 9.80 Å². The van der Waals surface area contributed by atoms with Gasteiger partial charge >= 0.3 is 5.97 Å². The standard InChI is InChI=1S/C14H24N2O3/c1-2-11-6-3-4-9-16(11)13(17)10-15-8-5-7-12(15)14(18)19/h11-12H,2-10H2,1H3,(H,18,19). The van der Waals surface area contributed by atoms with Gasteiger partial charge in [0.1, 0.15) is 6.04 Å². The molecule has 2 aliphatic heterocycles. The summed E-state index contributed by atoms with van der Waals surface area (Å²) >= 11 is 0. The van der Waals surface area contributed by atoms with E-state index >= 15 is 0 Å². The van der Waals surface area contributed by atoms with Crippen molar-refractivity contribution >= 4 is 11.9 Å². The summed E-state index contributed by atoms with van der Waals surface area (Å²) in [7, 11) is 0. The van der Waals surface area contributed by atoms with E-state index < -0.39 is 12.0 Å². The van der Waals surface area contributed by atoms with Crippen molar-refractivity contribution in [3.05, 3.63) is 0 Å². The third-order valence-corrected chi connectivity index (χ3v) is 4.41. The SMILES string of the molecule is CCC1CCCCN1C(=O)CN1CCCC1C(=O)O. The molecule has 0 aromatic rings. The van der Waals surface area contributed by atoms with E-state index in [4.69, 9.17) is 5.11 Å². The van der Waals surface area contributed by atoms with Crippen LogP contribution in [0.4, 0.5) is 0 Å².